The number of nitro benzene ring substituents is 1. The van der Waals surface area contributed by atoms with Gasteiger partial charge in [-0.25, -0.2) is 0 Å². The van der Waals surface area contributed by atoms with Crippen molar-refractivity contribution in [1.82, 2.24) is 4.98 Å². The molecule has 2 aromatic rings. The van der Waals surface area contributed by atoms with Crippen LogP contribution in [0.4, 0.5) is 5.69 Å². The van der Waals surface area contributed by atoms with Gasteiger partial charge in [-0.3, -0.25) is 15.1 Å². The van der Waals surface area contributed by atoms with E-state index in [4.69, 9.17) is 4.74 Å². The molecule has 0 amide bonds. The lowest BCUT2D eigenvalue weighted by Crippen LogP contribution is -1.98. The molecule has 0 radical (unpaired) electrons. The Morgan fingerprint density at radius 1 is 1.37 bits per heavy atom. The van der Waals surface area contributed by atoms with Crippen molar-refractivity contribution < 1.29 is 9.66 Å². The molecule has 0 atom stereocenters. The number of halogens is 1. The minimum Gasteiger partial charge on any atom is -0.487 e. The largest absolute Gasteiger partial charge is 0.487 e. The van der Waals surface area contributed by atoms with Gasteiger partial charge >= 0.3 is 0 Å². The number of nitro groups is 1. The molecule has 0 N–H and O–H groups in total. The lowest BCUT2D eigenvalue weighted by molar-refractivity contribution is -0.385. The van der Waals surface area contributed by atoms with Gasteiger partial charge in [0.2, 0.25) is 0 Å². The number of ether oxygens (including phenoxy) is 1. The lowest BCUT2D eigenvalue weighted by Gasteiger charge is -2.08. The van der Waals surface area contributed by atoms with E-state index in [0.717, 1.165) is 11.1 Å². The first kappa shape index (κ1) is 13.5. The summed E-state index contributed by atoms with van der Waals surface area (Å²) in [6.07, 6.45) is 3.46. The van der Waals surface area contributed by atoms with E-state index in [2.05, 4.69) is 20.9 Å². The summed E-state index contributed by atoms with van der Waals surface area (Å²) in [6.45, 7) is 2.26. The Bertz CT molecular complexity index is 617. The molecule has 0 bridgehead atoms. The number of aromatic nitrogens is 1. The number of rotatable bonds is 4. The van der Waals surface area contributed by atoms with Crippen LogP contribution in [0.5, 0.6) is 5.75 Å². The quantitative estimate of drug-likeness (QED) is 0.636. The monoisotopic (exact) mass is 322 g/mol. The summed E-state index contributed by atoms with van der Waals surface area (Å²) in [4.78, 5) is 14.3. The number of hydrogen-bond acceptors (Lipinski definition) is 4. The number of hydrogen-bond donors (Lipinski definition) is 0. The third kappa shape index (κ3) is 3.51. The molecule has 0 unspecified atom stereocenters. The molecule has 0 saturated carbocycles. The third-order valence-electron chi connectivity index (χ3n) is 2.45. The van der Waals surface area contributed by atoms with Crippen molar-refractivity contribution in [2.45, 2.75) is 13.5 Å². The minimum atomic E-state index is -0.451. The number of benzene rings is 1. The summed E-state index contributed by atoms with van der Waals surface area (Å²) >= 11 is 3.30. The molecule has 0 spiro atoms. The third-order valence-corrected chi connectivity index (χ3v) is 3.11. The van der Waals surface area contributed by atoms with Gasteiger partial charge in [-0.1, -0.05) is 0 Å². The molecule has 2 rings (SSSR count). The Kier molecular flexibility index (Phi) is 4.11. The van der Waals surface area contributed by atoms with E-state index in [1.807, 2.05) is 13.0 Å². The number of non-ortho nitro benzene ring substituents is 1. The normalized spacial score (nSPS) is 10.2. The molecule has 0 saturated heterocycles. The highest BCUT2D eigenvalue weighted by Crippen LogP contribution is 2.29. The van der Waals surface area contributed by atoms with Crippen LogP contribution in [-0.4, -0.2) is 9.91 Å². The van der Waals surface area contributed by atoms with Crippen LogP contribution in [0, 0.1) is 17.0 Å². The van der Waals surface area contributed by atoms with Crippen LogP contribution in [0.3, 0.4) is 0 Å². The summed E-state index contributed by atoms with van der Waals surface area (Å²) in [7, 11) is 0. The molecule has 0 aliphatic carbocycles. The second kappa shape index (κ2) is 5.79. The van der Waals surface area contributed by atoms with Gasteiger partial charge in [-0.05, 0) is 40.5 Å². The van der Waals surface area contributed by atoms with E-state index in [0.29, 0.717) is 16.8 Å². The summed E-state index contributed by atoms with van der Waals surface area (Å²) in [6, 6.07) is 6.37. The molecule has 6 heteroatoms. The van der Waals surface area contributed by atoms with Crippen molar-refractivity contribution in [1.29, 1.82) is 0 Å². The number of nitrogens with zero attached hydrogens (tertiary/aromatic N) is 2. The molecule has 19 heavy (non-hydrogen) atoms. The van der Waals surface area contributed by atoms with Crippen LogP contribution in [0.2, 0.25) is 0 Å². The SMILES string of the molecule is Cc1cncc(COc2cc([N+](=O)[O-])ccc2Br)c1. The van der Waals surface area contributed by atoms with Gasteiger partial charge in [0.15, 0.2) is 0 Å². The van der Waals surface area contributed by atoms with Crippen molar-refractivity contribution in [3.8, 4) is 5.75 Å². The zero-order valence-electron chi connectivity index (χ0n) is 10.2. The molecule has 1 heterocycles. The Morgan fingerprint density at radius 2 is 2.16 bits per heavy atom. The predicted octanol–water partition coefficient (Wildman–Crippen LogP) is 3.64. The Morgan fingerprint density at radius 3 is 2.84 bits per heavy atom. The standard InChI is InChI=1S/C13H11BrN2O3/c1-9-4-10(7-15-6-9)8-19-13-5-11(16(17)18)2-3-12(13)14/h2-7H,8H2,1H3. The van der Waals surface area contributed by atoms with Crippen LogP contribution in [0.25, 0.3) is 0 Å². The molecule has 1 aromatic heterocycles. The topological polar surface area (TPSA) is 65.3 Å². The molecule has 0 fully saturated rings. The average molecular weight is 323 g/mol. The fraction of sp³-hybridized carbons (Fsp3) is 0.154. The van der Waals surface area contributed by atoms with Gasteiger partial charge in [-0.2, -0.15) is 0 Å². The maximum Gasteiger partial charge on any atom is 0.273 e. The highest BCUT2D eigenvalue weighted by atomic mass is 79.9. The first-order chi connectivity index (χ1) is 9.06. The second-order valence-corrected chi connectivity index (χ2v) is 4.89. The van der Waals surface area contributed by atoms with E-state index < -0.39 is 4.92 Å². The zero-order chi connectivity index (χ0) is 13.8. The van der Waals surface area contributed by atoms with E-state index in [9.17, 15) is 10.1 Å². The number of aryl methyl sites for hydroxylation is 1. The van der Waals surface area contributed by atoms with Crippen LogP contribution in [0.1, 0.15) is 11.1 Å². The molecule has 98 valence electrons. The van der Waals surface area contributed by atoms with Crippen LogP contribution >= 0.6 is 15.9 Å². The van der Waals surface area contributed by atoms with Gasteiger partial charge in [0.05, 0.1) is 15.5 Å². The molecular formula is C13H11BrN2O3. The van der Waals surface area contributed by atoms with Gasteiger partial charge in [0.1, 0.15) is 12.4 Å². The minimum absolute atomic E-state index is 0.000525. The van der Waals surface area contributed by atoms with Gasteiger partial charge in [0.25, 0.3) is 5.69 Å². The van der Waals surface area contributed by atoms with Crippen molar-refractivity contribution in [3.05, 3.63) is 62.4 Å². The summed E-state index contributed by atoms with van der Waals surface area (Å²) in [5, 5.41) is 10.7. The van der Waals surface area contributed by atoms with E-state index >= 15 is 0 Å². The lowest BCUT2D eigenvalue weighted by atomic mass is 10.2. The van der Waals surface area contributed by atoms with Crippen LogP contribution in [0.15, 0.2) is 41.1 Å². The zero-order valence-corrected chi connectivity index (χ0v) is 11.8. The maximum absolute atomic E-state index is 10.7. The van der Waals surface area contributed by atoms with Crippen LogP contribution in [-0.2, 0) is 6.61 Å². The highest BCUT2D eigenvalue weighted by molar-refractivity contribution is 9.10. The van der Waals surface area contributed by atoms with E-state index in [-0.39, 0.29) is 5.69 Å². The van der Waals surface area contributed by atoms with Gasteiger partial charge in [0, 0.05) is 24.0 Å². The van der Waals surface area contributed by atoms with Crippen molar-refractivity contribution in [2.75, 3.05) is 0 Å². The fourth-order valence-electron chi connectivity index (χ4n) is 1.57. The molecule has 1 aromatic carbocycles. The van der Waals surface area contributed by atoms with Crippen molar-refractivity contribution in [3.63, 3.8) is 0 Å². The Balaban J connectivity index is 2.15. The first-order valence-corrected chi connectivity index (χ1v) is 6.33. The Hall–Kier alpha value is -1.95. The highest BCUT2D eigenvalue weighted by Gasteiger charge is 2.10. The van der Waals surface area contributed by atoms with Gasteiger partial charge < -0.3 is 4.74 Å². The smallest absolute Gasteiger partial charge is 0.273 e. The maximum atomic E-state index is 10.7. The van der Waals surface area contributed by atoms with Crippen molar-refractivity contribution >= 4 is 21.6 Å². The van der Waals surface area contributed by atoms with E-state index in [1.165, 1.54) is 12.1 Å². The number of pyridine rings is 1. The van der Waals surface area contributed by atoms with E-state index in [1.54, 1.807) is 18.5 Å². The molecular weight excluding hydrogens is 312 g/mol. The molecule has 5 nitrogen and oxygen atoms in total. The van der Waals surface area contributed by atoms with Crippen LogP contribution < -0.4 is 4.74 Å². The summed E-state index contributed by atoms with van der Waals surface area (Å²) in [5.74, 6) is 0.440. The van der Waals surface area contributed by atoms with Crippen molar-refractivity contribution in [2.24, 2.45) is 0 Å². The summed E-state index contributed by atoms with van der Waals surface area (Å²) < 4.78 is 6.26. The van der Waals surface area contributed by atoms with Gasteiger partial charge in [-0.15, -0.1) is 0 Å². The Labute approximate surface area is 118 Å². The average Bonchev–Trinajstić information content (AvgIpc) is 2.37. The molecule has 0 aliphatic rings. The first-order valence-electron chi connectivity index (χ1n) is 5.53. The molecule has 0 aliphatic heterocycles. The predicted molar refractivity (Wildman–Crippen MR) is 74.1 cm³/mol. The summed E-state index contributed by atoms with van der Waals surface area (Å²) in [5.41, 5.74) is 1.96. The second-order valence-electron chi connectivity index (χ2n) is 4.03. The fourth-order valence-corrected chi connectivity index (χ4v) is 1.93.